The minimum atomic E-state index is -0.688. The molecule has 4 nitrogen and oxygen atoms in total. The Hall–Kier alpha value is -0.610. The van der Waals surface area contributed by atoms with Gasteiger partial charge in [-0.2, -0.15) is 0 Å². The van der Waals surface area contributed by atoms with E-state index in [4.69, 9.17) is 5.11 Å². The maximum atomic E-state index is 10.6. The van der Waals surface area contributed by atoms with Crippen LogP contribution < -0.4 is 5.32 Å². The van der Waals surface area contributed by atoms with Gasteiger partial charge in [-0.15, -0.1) is 0 Å². The first-order chi connectivity index (χ1) is 8.63. The first-order valence-corrected chi connectivity index (χ1v) is 7.31. The van der Waals surface area contributed by atoms with Gasteiger partial charge in [-0.05, 0) is 37.6 Å². The van der Waals surface area contributed by atoms with Crippen molar-refractivity contribution < 1.29 is 9.90 Å². The zero-order valence-corrected chi connectivity index (χ0v) is 11.4. The summed E-state index contributed by atoms with van der Waals surface area (Å²) in [5, 5.41) is 12.4. The summed E-state index contributed by atoms with van der Waals surface area (Å²) in [6, 6.07) is 0.558. The zero-order chi connectivity index (χ0) is 13.0. The molecule has 0 amide bonds. The van der Waals surface area contributed by atoms with Crippen molar-refractivity contribution in [1.29, 1.82) is 0 Å². The van der Waals surface area contributed by atoms with Crippen molar-refractivity contribution in [2.24, 2.45) is 11.8 Å². The molecule has 1 aliphatic heterocycles. The highest BCUT2D eigenvalue weighted by molar-refractivity contribution is 5.66. The van der Waals surface area contributed by atoms with Gasteiger partial charge in [-0.25, -0.2) is 0 Å². The van der Waals surface area contributed by atoms with Crippen LogP contribution in [0.2, 0.25) is 0 Å². The smallest absolute Gasteiger partial charge is 0.304 e. The Morgan fingerprint density at radius 3 is 2.78 bits per heavy atom. The van der Waals surface area contributed by atoms with E-state index in [1.54, 1.807) is 0 Å². The zero-order valence-electron chi connectivity index (χ0n) is 11.4. The molecule has 0 spiro atoms. The Kier molecular flexibility index (Phi) is 5.01. The average molecular weight is 254 g/mol. The topological polar surface area (TPSA) is 52.6 Å². The van der Waals surface area contributed by atoms with Gasteiger partial charge in [-0.1, -0.05) is 13.3 Å². The summed E-state index contributed by atoms with van der Waals surface area (Å²) in [6.07, 6.45) is 5.67. The molecule has 2 rings (SSSR count). The Labute approximate surface area is 110 Å². The molecule has 2 fully saturated rings. The number of carboxylic acids is 1. The molecule has 2 N–H and O–H groups in total. The van der Waals surface area contributed by atoms with Gasteiger partial charge in [0, 0.05) is 25.7 Å². The van der Waals surface area contributed by atoms with Crippen LogP contribution in [0.25, 0.3) is 0 Å². The SMILES string of the molecule is CC1CC(NCC2CCC2)CN(CCC(=O)O)C1. The van der Waals surface area contributed by atoms with Gasteiger partial charge in [0.25, 0.3) is 0 Å². The predicted molar refractivity (Wildman–Crippen MR) is 71.6 cm³/mol. The number of carboxylic acid groups (broad SMARTS) is 1. The van der Waals surface area contributed by atoms with Crippen molar-refractivity contribution in [3.63, 3.8) is 0 Å². The number of aliphatic carboxylic acids is 1. The molecule has 2 unspecified atom stereocenters. The summed E-state index contributed by atoms with van der Waals surface area (Å²) in [4.78, 5) is 12.9. The third-order valence-corrected chi connectivity index (χ3v) is 4.30. The molecule has 18 heavy (non-hydrogen) atoms. The van der Waals surface area contributed by atoms with Crippen LogP contribution in [-0.4, -0.2) is 48.2 Å². The van der Waals surface area contributed by atoms with Crippen molar-refractivity contribution in [3.8, 4) is 0 Å². The van der Waals surface area contributed by atoms with E-state index in [0.29, 0.717) is 18.5 Å². The van der Waals surface area contributed by atoms with Crippen LogP contribution in [-0.2, 0) is 4.79 Å². The highest BCUT2D eigenvalue weighted by Crippen LogP contribution is 2.26. The lowest BCUT2D eigenvalue weighted by Gasteiger charge is -2.38. The number of nitrogens with zero attached hydrogens (tertiary/aromatic N) is 1. The summed E-state index contributed by atoms with van der Waals surface area (Å²) in [6.45, 7) is 6.19. The fourth-order valence-corrected chi connectivity index (χ4v) is 3.08. The maximum Gasteiger partial charge on any atom is 0.304 e. The molecule has 1 saturated carbocycles. The standard InChI is InChI=1S/C14H26N2O2/c1-11-7-13(15-8-12-3-2-4-12)10-16(9-11)6-5-14(17)18/h11-13,15H,2-10H2,1H3,(H,17,18). The first kappa shape index (κ1) is 13.8. The quantitative estimate of drug-likeness (QED) is 0.755. The van der Waals surface area contributed by atoms with Crippen molar-refractivity contribution in [1.82, 2.24) is 10.2 Å². The van der Waals surface area contributed by atoms with Gasteiger partial charge in [0.15, 0.2) is 0 Å². The first-order valence-electron chi connectivity index (χ1n) is 7.31. The number of likely N-dealkylation sites (tertiary alicyclic amines) is 1. The molecular formula is C14H26N2O2. The fraction of sp³-hybridized carbons (Fsp3) is 0.929. The second-order valence-electron chi connectivity index (χ2n) is 6.15. The van der Waals surface area contributed by atoms with E-state index in [1.807, 2.05) is 0 Å². The largest absolute Gasteiger partial charge is 0.481 e. The van der Waals surface area contributed by atoms with Crippen molar-refractivity contribution in [3.05, 3.63) is 0 Å². The van der Waals surface area contributed by atoms with E-state index in [1.165, 1.54) is 25.7 Å². The second kappa shape index (κ2) is 6.53. The summed E-state index contributed by atoms with van der Waals surface area (Å²) in [5.41, 5.74) is 0. The number of piperidine rings is 1. The minimum absolute atomic E-state index is 0.266. The molecule has 0 aromatic carbocycles. The third kappa shape index (κ3) is 4.25. The molecule has 0 radical (unpaired) electrons. The van der Waals surface area contributed by atoms with Crippen LogP contribution in [0.3, 0.4) is 0 Å². The number of hydrogen-bond donors (Lipinski definition) is 2. The second-order valence-corrected chi connectivity index (χ2v) is 6.15. The van der Waals surface area contributed by atoms with Crippen molar-refractivity contribution >= 4 is 5.97 Å². The molecule has 4 heteroatoms. The van der Waals surface area contributed by atoms with Crippen LogP contribution in [0, 0.1) is 11.8 Å². The molecule has 2 aliphatic rings. The van der Waals surface area contributed by atoms with Crippen LogP contribution >= 0.6 is 0 Å². The van der Waals surface area contributed by atoms with E-state index in [2.05, 4.69) is 17.1 Å². The highest BCUT2D eigenvalue weighted by atomic mass is 16.4. The molecule has 1 heterocycles. The average Bonchev–Trinajstić information content (AvgIpc) is 2.23. The molecule has 2 atom stereocenters. The molecule has 0 bridgehead atoms. The van der Waals surface area contributed by atoms with Gasteiger partial charge in [-0.3, -0.25) is 4.79 Å². The maximum absolute atomic E-state index is 10.6. The van der Waals surface area contributed by atoms with Crippen molar-refractivity contribution in [2.45, 2.75) is 45.1 Å². The summed E-state index contributed by atoms with van der Waals surface area (Å²) in [5.74, 6) is 0.883. The van der Waals surface area contributed by atoms with E-state index in [-0.39, 0.29) is 6.42 Å². The molecule has 1 aliphatic carbocycles. The van der Waals surface area contributed by atoms with Crippen molar-refractivity contribution in [2.75, 3.05) is 26.2 Å². The number of hydrogen-bond acceptors (Lipinski definition) is 3. The summed E-state index contributed by atoms with van der Waals surface area (Å²) >= 11 is 0. The highest BCUT2D eigenvalue weighted by Gasteiger charge is 2.26. The normalized spacial score (nSPS) is 30.1. The van der Waals surface area contributed by atoms with Gasteiger partial charge in [0.05, 0.1) is 6.42 Å². The van der Waals surface area contributed by atoms with E-state index >= 15 is 0 Å². The summed E-state index contributed by atoms with van der Waals surface area (Å²) in [7, 11) is 0. The van der Waals surface area contributed by atoms with Gasteiger partial charge in [0.1, 0.15) is 0 Å². The van der Waals surface area contributed by atoms with Gasteiger partial charge in [0.2, 0.25) is 0 Å². The molecule has 0 aromatic rings. The van der Waals surface area contributed by atoms with Crippen LogP contribution in [0.5, 0.6) is 0 Å². The molecule has 0 aromatic heterocycles. The molecule has 1 saturated heterocycles. The predicted octanol–water partition coefficient (Wildman–Crippen LogP) is 1.56. The van der Waals surface area contributed by atoms with E-state index in [9.17, 15) is 4.79 Å². The van der Waals surface area contributed by atoms with E-state index < -0.39 is 5.97 Å². The van der Waals surface area contributed by atoms with Gasteiger partial charge >= 0.3 is 5.97 Å². The van der Waals surface area contributed by atoms with E-state index in [0.717, 1.165) is 25.6 Å². The molecule has 104 valence electrons. The number of rotatable bonds is 6. The number of nitrogens with one attached hydrogen (secondary N) is 1. The molecular weight excluding hydrogens is 228 g/mol. The Morgan fingerprint density at radius 1 is 1.39 bits per heavy atom. The Morgan fingerprint density at radius 2 is 2.17 bits per heavy atom. The van der Waals surface area contributed by atoms with Crippen LogP contribution in [0.15, 0.2) is 0 Å². The lowest BCUT2D eigenvalue weighted by Crippen LogP contribution is -2.50. The Balaban J connectivity index is 1.70. The Bertz CT molecular complexity index is 279. The summed E-state index contributed by atoms with van der Waals surface area (Å²) < 4.78 is 0. The lowest BCUT2D eigenvalue weighted by molar-refractivity contribution is -0.137. The van der Waals surface area contributed by atoms with Crippen LogP contribution in [0.4, 0.5) is 0 Å². The van der Waals surface area contributed by atoms with Crippen LogP contribution in [0.1, 0.15) is 39.0 Å². The number of carbonyl (C=O) groups is 1. The minimum Gasteiger partial charge on any atom is -0.481 e. The lowest BCUT2D eigenvalue weighted by atomic mass is 9.85. The fourth-order valence-electron chi connectivity index (χ4n) is 3.08. The van der Waals surface area contributed by atoms with Gasteiger partial charge < -0.3 is 15.3 Å². The monoisotopic (exact) mass is 254 g/mol. The third-order valence-electron chi connectivity index (χ3n) is 4.30.